The fourth-order valence-electron chi connectivity index (χ4n) is 4.34. The number of aliphatic carboxylic acids is 1. The Hall–Kier alpha value is -3.96. The van der Waals surface area contributed by atoms with E-state index in [0.29, 0.717) is 31.1 Å². The topological polar surface area (TPSA) is 182 Å². The van der Waals surface area contributed by atoms with Crippen molar-refractivity contribution in [1.29, 1.82) is 0 Å². The molecule has 2 rings (SSSR count). The Balaban J connectivity index is 0.00000760. The first-order chi connectivity index (χ1) is 17.9. The number of piperidine rings is 1. The molecule has 1 fully saturated rings. The largest absolute Gasteiger partial charge is 0.508 e. The van der Waals surface area contributed by atoms with Crippen LogP contribution < -0.4 is 16.0 Å². The molecule has 0 aliphatic carbocycles. The molecule has 0 unspecified atom stereocenters. The summed E-state index contributed by atoms with van der Waals surface area (Å²) in [5.41, 5.74) is 0.683. The molecule has 4 atom stereocenters. The van der Waals surface area contributed by atoms with Gasteiger partial charge in [-0.25, -0.2) is 0 Å². The molecule has 1 aromatic carbocycles. The normalized spacial score (nSPS) is 17.6. The van der Waals surface area contributed by atoms with Crippen molar-refractivity contribution in [2.45, 2.75) is 77.0 Å². The van der Waals surface area contributed by atoms with Crippen molar-refractivity contribution in [1.82, 2.24) is 20.9 Å². The molecule has 5 N–H and O–H groups in total. The average molecular weight is 535 g/mol. The number of hydrogen-bond donors (Lipinski definition) is 5. The van der Waals surface area contributed by atoms with Crippen LogP contribution in [0.15, 0.2) is 24.3 Å². The number of carbonyl (C=O) groups is 6. The molecule has 12 nitrogen and oxygen atoms in total. The Bertz CT molecular complexity index is 1030. The predicted octanol–water partition coefficient (Wildman–Crippen LogP) is 0.366. The van der Waals surface area contributed by atoms with Gasteiger partial charge in [0.05, 0.1) is 12.5 Å². The number of amides is 4. The summed E-state index contributed by atoms with van der Waals surface area (Å²) in [6.07, 6.45) is 1.50. The van der Waals surface area contributed by atoms with E-state index in [1.807, 2.05) is 0 Å². The highest BCUT2D eigenvalue weighted by atomic mass is 16.4. The van der Waals surface area contributed by atoms with Crippen molar-refractivity contribution in [2.75, 3.05) is 6.54 Å². The van der Waals surface area contributed by atoms with Crippen LogP contribution in [-0.2, 0) is 35.2 Å². The average Bonchev–Trinajstić information content (AvgIpc) is 2.86. The summed E-state index contributed by atoms with van der Waals surface area (Å²) in [4.78, 5) is 75.1. The second-order valence-corrected chi connectivity index (χ2v) is 9.75. The maximum atomic E-state index is 13.6. The van der Waals surface area contributed by atoms with Crippen LogP contribution in [0.4, 0.5) is 0 Å². The second-order valence-electron chi connectivity index (χ2n) is 9.75. The Morgan fingerprint density at radius 1 is 1.08 bits per heavy atom. The maximum absolute atomic E-state index is 13.6. The molecular weight excluding hydrogens is 496 g/mol. The van der Waals surface area contributed by atoms with Gasteiger partial charge in [0.1, 0.15) is 30.2 Å². The SMILES string of the molecule is CC(=O)N[C@@H](Cc1ccc(O)cc1)C(=O)N[C@H](C(=O)N1CCCC[C@H]1C(=O)N[C@H](C=O)CC(=O)O)C(C)C.[HH]. The Morgan fingerprint density at radius 2 is 1.74 bits per heavy atom. The zero-order chi connectivity index (χ0) is 28.4. The van der Waals surface area contributed by atoms with E-state index in [4.69, 9.17) is 5.11 Å². The lowest BCUT2D eigenvalue weighted by molar-refractivity contribution is -0.147. The van der Waals surface area contributed by atoms with Gasteiger partial charge in [0.25, 0.3) is 0 Å². The first-order valence-corrected chi connectivity index (χ1v) is 12.6. The van der Waals surface area contributed by atoms with Gasteiger partial charge in [-0.15, -0.1) is 0 Å². The van der Waals surface area contributed by atoms with E-state index in [0.717, 1.165) is 0 Å². The summed E-state index contributed by atoms with van der Waals surface area (Å²) in [6, 6.07) is 2.03. The summed E-state index contributed by atoms with van der Waals surface area (Å²) in [5, 5.41) is 26.2. The van der Waals surface area contributed by atoms with Gasteiger partial charge in [-0.3, -0.25) is 24.0 Å². The summed E-state index contributed by atoms with van der Waals surface area (Å²) in [5.74, 6) is -3.69. The molecule has 1 aliphatic rings. The Labute approximate surface area is 222 Å². The van der Waals surface area contributed by atoms with E-state index in [1.54, 1.807) is 26.0 Å². The first kappa shape index (κ1) is 30.3. The number of aromatic hydroxyl groups is 1. The van der Waals surface area contributed by atoms with Crippen LogP contribution in [0.25, 0.3) is 0 Å². The lowest BCUT2D eigenvalue weighted by atomic mass is 9.96. The number of carboxylic acids is 1. The number of aldehydes is 1. The summed E-state index contributed by atoms with van der Waals surface area (Å²) in [6.45, 7) is 5.01. The highest BCUT2D eigenvalue weighted by Crippen LogP contribution is 2.21. The van der Waals surface area contributed by atoms with Crippen LogP contribution in [0.5, 0.6) is 5.75 Å². The van der Waals surface area contributed by atoms with Crippen molar-refractivity contribution in [3.8, 4) is 5.75 Å². The van der Waals surface area contributed by atoms with E-state index < -0.39 is 60.2 Å². The number of nitrogens with one attached hydrogen (secondary N) is 3. The molecule has 0 aromatic heterocycles. The van der Waals surface area contributed by atoms with Crippen molar-refractivity contribution in [2.24, 2.45) is 5.92 Å². The molecule has 4 amide bonds. The van der Waals surface area contributed by atoms with Gasteiger partial charge in [0.2, 0.25) is 23.6 Å². The van der Waals surface area contributed by atoms with Crippen LogP contribution in [0.1, 0.15) is 53.4 Å². The van der Waals surface area contributed by atoms with Gasteiger partial charge in [-0.05, 0) is 42.9 Å². The van der Waals surface area contributed by atoms with Crippen LogP contribution in [0.3, 0.4) is 0 Å². The maximum Gasteiger partial charge on any atom is 0.305 e. The lowest BCUT2D eigenvalue weighted by Crippen LogP contribution is -2.61. The second kappa shape index (κ2) is 14.1. The third-order valence-electron chi connectivity index (χ3n) is 6.28. The number of phenols is 1. The summed E-state index contributed by atoms with van der Waals surface area (Å²) >= 11 is 0. The molecule has 12 heteroatoms. The van der Waals surface area contributed by atoms with Crippen LogP contribution >= 0.6 is 0 Å². The highest BCUT2D eigenvalue weighted by molar-refractivity contribution is 5.95. The zero-order valence-corrected chi connectivity index (χ0v) is 21.8. The van der Waals surface area contributed by atoms with E-state index in [2.05, 4.69) is 16.0 Å². The Morgan fingerprint density at radius 3 is 2.29 bits per heavy atom. The van der Waals surface area contributed by atoms with Gasteiger partial charge in [-0.2, -0.15) is 0 Å². The minimum Gasteiger partial charge on any atom is -0.508 e. The fraction of sp³-hybridized carbons (Fsp3) is 0.538. The van der Waals surface area contributed by atoms with Gasteiger partial charge >= 0.3 is 5.97 Å². The smallest absolute Gasteiger partial charge is 0.305 e. The van der Waals surface area contributed by atoms with Crippen molar-refractivity contribution in [3.05, 3.63) is 29.8 Å². The monoisotopic (exact) mass is 534 g/mol. The minimum atomic E-state index is -1.25. The standard InChI is InChI=1S/C26H36N4O8.H2/c1-15(2)23(29-24(36)20(27-16(3)32)12-17-7-9-19(33)10-8-17)26(38)30-11-5-4-6-21(30)25(37)28-18(14-31)13-22(34)35;/h7-10,14-15,18,20-21,23,33H,4-6,11-13H2,1-3H3,(H,27,32)(H,28,37)(H,29,36)(H,34,35);1H/t18-,20-,21-,23-;/m0./s1. The minimum absolute atomic E-state index is 0. The Kier molecular flexibility index (Phi) is 11.2. The van der Waals surface area contributed by atoms with Crippen LogP contribution in [0, 0.1) is 5.92 Å². The summed E-state index contributed by atoms with van der Waals surface area (Å²) < 4.78 is 0. The summed E-state index contributed by atoms with van der Waals surface area (Å²) in [7, 11) is 0. The molecule has 1 aromatic rings. The quantitative estimate of drug-likeness (QED) is 0.238. The van der Waals surface area contributed by atoms with Crippen molar-refractivity contribution in [3.63, 3.8) is 0 Å². The zero-order valence-electron chi connectivity index (χ0n) is 21.8. The molecule has 0 spiro atoms. The van der Waals surface area contributed by atoms with Crippen LogP contribution in [0.2, 0.25) is 0 Å². The van der Waals surface area contributed by atoms with E-state index >= 15 is 0 Å². The molecule has 1 saturated heterocycles. The predicted molar refractivity (Wildman–Crippen MR) is 138 cm³/mol. The third-order valence-corrected chi connectivity index (χ3v) is 6.28. The molecule has 0 saturated carbocycles. The molecule has 0 bridgehead atoms. The van der Waals surface area contributed by atoms with Crippen LogP contribution in [-0.4, -0.2) is 81.7 Å². The number of nitrogens with zero attached hydrogens (tertiary/aromatic N) is 1. The number of hydrogen-bond acceptors (Lipinski definition) is 7. The van der Waals surface area contributed by atoms with Gasteiger partial charge < -0.3 is 35.9 Å². The van der Waals surface area contributed by atoms with Gasteiger partial charge in [0.15, 0.2) is 0 Å². The third kappa shape index (κ3) is 8.86. The first-order valence-electron chi connectivity index (χ1n) is 12.6. The van der Waals surface area contributed by atoms with E-state index in [1.165, 1.54) is 24.0 Å². The molecule has 0 radical (unpaired) electrons. The number of phenolic OH excluding ortho intramolecular Hbond substituents is 1. The molecular formula is C26H38N4O8. The number of carboxylic acid groups (broad SMARTS) is 1. The van der Waals surface area contributed by atoms with Crippen molar-refractivity contribution < 1.29 is 40.4 Å². The number of rotatable bonds is 12. The van der Waals surface area contributed by atoms with Gasteiger partial charge in [0, 0.05) is 21.3 Å². The number of likely N-dealkylation sites (tertiary alicyclic amines) is 1. The van der Waals surface area contributed by atoms with E-state index in [9.17, 15) is 33.9 Å². The number of benzene rings is 1. The van der Waals surface area contributed by atoms with Gasteiger partial charge in [-0.1, -0.05) is 26.0 Å². The number of carbonyl (C=O) groups excluding carboxylic acids is 5. The van der Waals surface area contributed by atoms with Crippen molar-refractivity contribution >= 4 is 35.9 Å². The molecule has 38 heavy (non-hydrogen) atoms. The van der Waals surface area contributed by atoms with E-state index in [-0.39, 0.29) is 26.1 Å². The molecule has 1 heterocycles. The lowest BCUT2D eigenvalue weighted by Gasteiger charge is -2.38. The highest BCUT2D eigenvalue weighted by Gasteiger charge is 2.38. The molecule has 210 valence electrons. The fourth-order valence-corrected chi connectivity index (χ4v) is 4.34. The molecule has 1 aliphatic heterocycles.